The van der Waals surface area contributed by atoms with Crippen molar-refractivity contribution in [2.45, 2.75) is 10.8 Å². The average Bonchev–Trinajstić information content (AvgIpc) is 2.78. The van der Waals surface area contributed by atoms with Crippen LogP contribution in [0.4, 0.5) is 0 Å². The summed E-state index contributed by atoms with van der Waals surface area (Å²) < 4.78 is 0. The van der Waals surface area contributed by atoms with Gasteiger partial charge in [0.15, 0.2) is 0 Å². The Kier molecular flexibility index (Phi) is 2.99. The zero-order valence-corrected chi connectivity index (χ0v) is 10.7. The Labute approximate surface area is 110 Å². The molecule has 4 nitrogen and oxygen atoms in total. The largest absolute Gasteiger partial charge is 0.345 e. The van der Waals surface area contributed by atoms with E-state index < -0.39 is 0 Å². The van der Waals surface area contributed by atoms with Crippen molar-refractivity contribution in [1.82, 2.24) is 10.2 Å². The van der Waals surface area contributed by atoms with Crippen LogP contribution < -0.4 is 5.32 Å². The number of fused-ring (bicyclic) bond motifs is 1. The topological polar surface area (TPSA) is 49.4 Å². The molecule has 1 saturated heterocycles. The van der Waals surface area contributed by atoms with Crippen LogP contribution in [-0.4, -0.2) is 42.1 Å². The predicted octanol–water partition coefficient (Wildman–Crippen LogP) is 0.834. The van der Waals surface area contributed by atoms with Crippen molar-refractivity contribution in [2.24, 2.45) is 0 Å². The van der Waals surface area contributed by atoms with Crippen molar-refractivity contribution in [3.05, 3.63) is 29.8 Å². The van der Waals surface area contributed by atoms with Crippen LogP contribution in [0, 0.1) is 0 Å². The summed E-state index contributed by atoms with van der Waals surface area (Å²) in [5.74, 6) is 1.30. The Bertz CT molecular complexity index is 504. The summed E-state index contributed by atoms with van der Waals surface area (Å²) in [5, 5.41) is 2.57. The fraction of sp³-hybridized carbons (Fsp3) is 0.385. The molecule has 3 rings (SSSR count). The van der Waals surface area contributed by atoms with Crippen LogP contribution in [0.3, 0.4) is 0 Å². The Hall–Kier alpha value is -1.49. The highest BCUT2D eigenvalue weighted by atomic mass is 32.2. The number of carbonyl (C=O) groups is 2. The van der Waals surface area contributed by atoms with Gasteiger partial charge in [0, 0.05) is 23.1 Å². The molecule has 0 aliphatic carbocycles. The third-order valence-electron chi connectivity index (χ3n) is 3.36. The van der Waals surface area contributed by atoms with Gasteiger partial charge < -0.3 is 10.2 Å². The SMILES string of the molecule is O=C1CN(CC2CSc3ccccc32)C(=O)CN1. The molecule has 18 heavy (non-hydrogen) atoms. The molecule has 1 atom stereocenters. The molecule has 0 bridgehead atoms. The number of hydrogen-bond donors (Lipinski definition) is 1. The molecule has 2 heterocycles. The van der Waals surface area contributed by atoms with Gasteiger partial charge in [-0.05, 0) is 11.6 Å². The molecule has 1 aromatic rings. The van der Waals surface area contributed by atoms with Crippen LogP contribution in [0.15, 0.2) is 29.2 Å². The standard InChI is InChI=1S/C13H14N2O2S/c16-12-7-15(13(17)5-14-12)6-9-8-18-11-4-2-1-3-10(9)11/h1-4,9H,5-8H2,(H,14,16). The molecule has 0 radical (unpaired) electrons. The van der Waals surface area contributed by atoms with E-state index in [0.29, 0.717) is 12.5 Å². The van der Waals surface area contributed by atoms with E-state index >= 15 is 0 Å². The second-order valence-electron chi connectivity index (χ2n) is 4.60. The van der Waals surface area contributed by atoms with Gasteiger partial charge in [-0.3, -0.25) is 9.59 Å². The molecule has 2 aliphatic rings. The molecule has 1 aromatic carbocycles. The first-order valence-corrected chi connectivity index (χ1v) is 6.99. The number of amides is 2. The van der Waals surface area contributed by atoms with E-state index in [0.717, 1.165) is 5.75 Å². The van der Waals surface area contributed by atoms with Gasteiger partial charge in [-0.15, -0.1) is 11.8 Å². The van der Waals surface area contributed by atoms with Gasteiger partial charge in [0.1, 0.15) is 0 Å². The van der Waals surface area contributed by atoms with Crippen molar-refractivity contribution < 1.29 is 9.59 Å². The summed E-state index contributed by atoms with van der Waals surface area (Å²) in [7, 11) is 0. The van der Waals surface area contributed by atoms with Crippen LogP contribution in [0.5, 0.6) is 0 Å². The molecule has 2 aliphatic heterocycles. The second-order valence-corrected chi connectivity index (χ2v) is 5.66. The van der Waals surface area contributed by atoms with E-state index in [1.54, 1.807) is 4.90 Å². The molecule has 0 saturated carbocycles. The Morgan fingerprint density at radius 1 is 1.33 bits per heavy atom. The molecule has 0 spiro atoms. The second kappa shape index (κ2) is 4.65. The summed E-state index contributed by atoms with van der Waals surface area (Å²) in [6.45, 7) is 0.985. The van der Waals surface area contributed by atoms with Crippen molar-refractivity contribution in [1.29, 1.82) is 0 Å². The number of hydrogen-bond acceptors (Lipinski definition) is 3. The number of nitrogens with one attached hydrogen (secondary N) is 1. The van der Waals surface area contributed by atoms with Gasteiger partial charge in [-0.1, -0.05) is 18.2 Å². The van der Waals surface area contributed by atoms with E-state index in [2.05, 4.69) is 17.4 Å². The Balaban J connectivity index is 1.74. The van der Waals surface area contributed by atoms with Crippen LogP contribution in [0.2, 0.25) is 0 Å². The quantitative estimate of drug-likeness (QED) is 0.859. The van der Waals surface area contributed by atoms with Gasteiger partial charge in [-0.25, -0.2) is 0 Å². The first-order chi connectivity index (χ1) is 8.74. The van der Waals surface area contributed by atoms with Gasteiger partial charge in [0.2, 0.25) is 11.8 Å². The molecular formula is C13H14N2O2S. The number of carbonyl (C=O) groups excluding carboxylic acids is 2. The monoisotopic (exact) mass is 262 g/mol. The minimum atomic E-state index is -0.0615. The molecule has 1 fully saturated rings. The molecule has 94 valence electrons. The minimum absolute atomic E-state index is 0.0176. The third-order valence-corrected chi connectivity index (χ3v) is 4.62. The highest BCUT2D eigenvalue weighted by molar-refractivity contribution is 7.99. The fourth-order valence-electron chi connectivity index (χ4n) is 2.42. The first-order valence-electron chi connectivity index (χ1n) is 6.00. The van der Waals surface area contributed by atoms with E-state index in [4.69, 9.17) is 0 Å². The minimum Gasteiger partial charge on any atom is -0.345 e. The highest BCUT2D eigenvalue weighted by Gasteiger charge is 2.29. The number of piperazine rings is 1. The van der Waals surface area contributed by atoms with Crippen molar-refractivity contribution in [2.75, 3.05) is 25.4 Å². The Morgan fingerprint density at radius 3 is 3.06 bits per heavy atom. The fourth-order valence-corrected chi connectivity index (χ4v) is 3.66. The van der Waals surface area contributed by atoms with E-state index in [-0.39, 0.29) is 24.9 Å². The normalized spacial score (nSPS) is 22.9. The Morgan fingerprint density at radius 2 is 2.17 bits per heavy atom. The van der Waals surface area contributed by atoms with Crippen LogP contribution in [-0.2, 0) is 9.59 Å². The first kappa shape index (κ1) is 11.6. The van der Waals surface area contributed by atoms with Gasteiger partial charge in [-0.2, -0.15) is 0 Å². The third kappa shape index (κ3) is 2.10. The lowest BCUT2D eigenvalue weighted by Gasteiger charge is -2.29. The maximum atomic E-state index is 11.7. The summed E-state index contributed by atoms with van der Waals surface area (Å²) in [6.07, 6.45) is 0. The number of thioether (sulfide) groups is 1. The predicted molar refractivity (Wildman–Crippen MR) is 69.5 cm³/mol. The maximum Gasteiger partial charge on any atom is 0.242 e. The molecular weight excluding hydrogens is 248 g/mol. The number of benzene rings is 1. The van der Waals surface area contributed by atoms with Crippen LogP contribution >= 0.6 is 11.8 Å². The van der Waals surface area contributed by atoms with Crippen molar-refractivity contribution in [3.8, 4) is 0 Å². The summed E-state index contributed by atoms with van der Waals surface area (Å²) >= 11 is 1.83. The van der Waals surface area contributed by atoms with Crippen LogP contribution in [0.1, 0.15) is 11.5 Å². The van der Waals surface area contributed by atoms with Gasteiger partial charge in [0.05, 0.1) is 13.1 Å². The summed E-state index contributed by atoms with van der Waals surface area (Å²) in [4.78, 5) is 26.0. The average molecular weight is 262 g/mol. The van der Waals surface area contributed by atoms with E-state index in [1.807, 2.05) is 23.9 Å². The number of rotatable bonds is 2. The zero-order valence-electron chi connectivity index (χ0n) is 9.89. The van der Waals surface area contributed by atoms with Gasteiger partial charge >= 0.3 is 0 Å². The lowest BCUT2D eigenvalue weighted by molar-refractivity contribution is -0.140. The van der Waals surface area contributed by atoms with Crippen molar-refractivity contribution >= 4 is 23.6 Å². The molecule has 1 N–H and O–H groups in total. The van der Waals surface area contributed by atoms with Crippen LogP contribution in [0.25, 0.3) is 0 Å². The maximum absolute atomic E-state index is 11.7. The molecule has 1 unspecified atom stereocenters. The van der Waals surface area contributed by atoms with E-state index in [1.165, 1.54) is 10.5 Å². The molecule has 0 aromatic heterocycles. The lowest BCUT2D eigenvalue weighted by Crippen LogP contribution is -2.52. The zero-order chi connectivity index (χ0) is 12.5. The summed E-state index contributed by atoms with van der Waals surface area (Å²) in [6, 6.07) is 8.30. The molecule has 5 heteroatoms. The highest BCUT2D eigenvalue weighted by Crippen LogP contribution is 2.39. The summed E-state index contributed by atoms with van der Waals surface area (Å²) in [5.41, 5.74) is 1.31. The molecule has 2 amide bonds. The van der Waals surface area contributed by atoms with E-state index in [9.17, 15) is 9.59 Å². The lowest BCUT2D eigenvalue weighted by atomic mass is 10.0. The smallest absolute Gasteiger partial charge is 0.242 e. The number of nitrogens with zero attached hydrogens (tertiary/aromatic N) is 1. The van der Waals surface area contributed by atoms with Gasteiger partial charge in [0.25, 0.3) is 0 Å². The van der Waals surface area contributed by atoms with Crippen molar-refractivity contribution in [3.63, 3.8) is 0 Å².